The van der Waals surface area contributed by atoms with Crippen molar-refractivity contribution in [2.45, 2.75) is 33.2 Å². The third-order valence-electron chi connectivity index (χ3n) is 4.38. The quantitative estimate of drug-likeness (QED) is 0.420. The van der Waals surface area contributed by atoms with Crippen molar-refractivity contribution in [1.29, 1.82) is 0 Å². The number of rotatable bonds is 4. The van der Waals surface area contributed by atoms with E-state index in [1.54, 1.807) is 0 Å². The fourth-order valence-corrected chi connectivity index (χ4v) is 3.16. The van der Waals surface area contributed by atoms with Crippen LogP contribution in [0.4, 0.5) is 0 Å². The van der Waals surface area contributed by atoms with Gasteiger partial charge >= 0.3 is 0 Å². The Bertz CT molecular complexity index is 667. The van der Waals surface area contributed by atoms with Gasteiger partial charge in [0, 0.05) is 19.6 Å². The molecule has 0 amide bonds. The number of nitrogens with one attached hydrogen (secondary N) is 2. The van der Waals surface area contributed by atoms with Crippen molar-refractivity contribution in [2.24, 2.45) is 10.9 Å². The van der Waals surface area contributed by atoms with E-state index in [9.17, 15) is 0 Å². The predicted octanol–water partition coefficient (Wildman–Crippen LogP) is 3.89. The first-order chi connectivity index (χ1) is 11.8. The summed E-state index contributed by atoms with van der Waals surface area (Å²) in [6.45, 7) is 8.05. The maximum absolute atomic E-state index is 4.79. The molecule has 25 heavy (non-hydrogen) atoms. The highest BCUT2D eigenvalue weighted by Crippen LogP contribution is 2.17. The number of guanidine groups is 1. The number of aromatic nitrogens is 2. The highest BCUT2D eigenvalue weighted by Gasteiger charge is 2.19. The lowest BCUT2D eigenvalue weighted by atomic mass is 10.0. The number of aromatic amines is 1. The van der Waals surface area contributed by atoms with Gasteiger partial charge in [0.15, 0.2) is 5.96 Å². The van der Waals surface area contributed by atoms with Gasteiger partial charge in [0.2, 0.25) is 0 Å². The number of imidazole rings is 1. The zero-order chi connectivity index (χ0) is 16.8. The largest absolute Gasteiger partial charge is 0.357 e. The van der Waals surface area contributed by atoms with Crippen LogP contribution in [0.25, 0.3) is 11.3 Å². The van der Waals surface area contributed by atoms with Gasteiger partial charge in [-0.05, 0) is 31.2 Å². The van der Waals surface area contributed by atoms with Crippen LogP contribution >= 0.6 is 24.0 Å². The first-order valence-electron chi connectivity index (χ1n) is 8.89. The Hall–Kier alpha value is -1.57. The summed E-state index contributed by atoms with van der Waals surface area (Å²) in [6.07, 6.45) is 4.44. The molecule has 0 radical (unpaired) electrons. The van der Waals surface area contributed by atoms with Gasteiger partial charge in [0.25, 0.3) is 0 Å². The molecule has 0 aliphatic carbocycles. The monoisotopic (exact) mass is 453 g/mol. The van der Waals surface area contributed by atoms with Crippen molar-refractivity contribution < 1.29 is 0 Å². The van der Waals surface area contributed by atoms with E-state index < -0.39 is 0 Å². The van der Waals surface area contributed by atoms with Crippen LogP contribution in [-0.2, 0) is 6.54 Å². The van der Waals surface area contributed by atoms with Crippen LogP contribution in [0.2, 0.25) is 0 Å². The van der Waals surface area contributed by atoms with Crippen LogP contribution in [0.3, 0.4) is 0 Å². The smallest absolute Gasteiger partial charge is 0.194 e. The Balaban J connectivity index is 0.00000225. The first-order valence-corrected chi connectivity index (χ1v) is 8.89. The minimum absolute atomic E-state index is 0. The van der Waals surface area contributed by atoms with Gasteiger partial charge in [-0.2, -0.15) is 0 Å². The van der Waals surface area contributed by atoms with Crippen molar-refractivity contribution in [3.8, 4) is 11.3 Å². The Kier molecular flexibility index (Phi) is 7.74. The number of hydrogen-bond acceptors (Lipinski definition) is 2. The Morgan fingerprint density at radius 3 is 2.88 bits per heavy atom. The number of benzene rings is 1. The molecule has 6 heteroatoms. The Morgan fingerprint density at radius 2 is 2.16 bits per heavy atom. The summed E-state index contributed by atoms with van der Waals surface area (Å²) >= 11 is 0. The molecule has 1 aromatic heterocycles. The standard InChI is InChI=1S/C19H27N5.HI/c1-3-20-19(24-11-7-8-15(2)14-24)22-13-18-21-12-17(23-18)16-9-5-4-6-10-16;/h4-6,9-10,12,15H,3,7-8,11,13-14H2,1-2H3,(H,20,22)(H,21,23);1H. The van der Waals surface area contributed by atoms with Crippen molar-refractivity contribution in [3.63, 3.8) is 0 Å². The fourth-order valence-electron chi connectivity index (χ4n) is 3.16. The minimum Gasteiger partial charge on any atom is -0.357 e. The molecule has 1 saturated heterocycles. The summed E-state index contributed by atoms with van der Waals surface area (Å²) in [4.78, 5) is 15.0. The molecule has 5 nitrogen and oxygen atoms in total. The molecule has 3 rings (SSSR count). The molecule has 0 saturated carbocycles. The lowest BCUT2D eigenvalue weighted by Crippen LogP contribution is -2.46. The third-order valence-corrected chi connectivity index (χ3v) is 4.38. The van der Waals surface area contributed by atoms with Crippen LogP contribution in [-0.4, -0.2) is 40.5 Å². The number of aliphatic imine (C=N–C) groups is 1. The second-order valence-corrected chi connectivity index (χ2v) is 6.47. The molecule has 2 N–H and O–H groups in total. The van der Waals surface area contributed by atoms with Gasteiger partial charge in [-0.1, -0.05) is 37.3 Å². The van der Waals surface area contributed by atoms with E-state index in [0.717, 1.165) is 48.6 Å². The van der Waals surface area contributed by atoms with Crippen molar-refractivity contribution in [2.75, 3.05) is 19.6 Å². The van der Waals surface area contributed by atoms with Crippen LogP contribution < -0.4 is 5.32 Å². The highest BCUT2D eigenvalue weighted by atomic mass is 127. The van der Waals surface area contributed by atoms with Gasteiger partial charge in [-0.3, -0.25) is 0 Å². The lowest BCUT2D eigenvalue weighted by Gasteiger charge is -2.33. The Labute approximate surface area is 167 Å². The molecule has 1 unspecified atom stereocenters. The maximum Gasteiger partial charge on any atom is 0.194 e. The molecule has 1 atom stereocenters. The number of nitrogens with zero attached hydrogens (tertiary/aromatic N) is 3. The molecule has 2 aromatic rings. The molecule has 1 aliphatic rings. The van der Waals surface area contributed by atoms with E-state index in [4.69, 9.17) is 4.99 Å². The van der Waals surface area contributed by atoms with Gasteiger partial charge in [0.05, 0.1) is 11.9 Å². The maximum atomic E-state index is 4.79. The van der Waals surface area contributed by atoms with Crippen molar-refractivity contribution in [1.82, 2.24) is 20.2 Å². The van der Waals surface area contributed by atoms with Crippen LogP contribution in [0.1, 0.15) is 32.5 Å². The molecule has 0 spiro atoms. The summed E-state index contributed by atoms with van der Waals surface area (Å²) in [7, 11) is 0. The molecule has 1 aliphatic heterocycles. The van der Waals surface area contributed by atoms with E-state index in [0.29, 0.717) is 6.54 Å². The van der Waals surface area contributed by atoms with Crippen LogP contribution in [0.5, 0.6) is 0 Å². The minimum atomic E-state index is 0. The summed E-state index contributed by atoms with van der Waals surface area (Å²) < 4.78 is 0. The average molecular weight is 453 g/mol. The molecule has 1 aromatic carbocycles. The number of H-pyrrole nitrogens is 1. The second-order valence-electron chi connectivity index (χ2n) is 6.47. The zero-order valence-corrected chi connectivity index (χ0v) is 17.4. The van der Waals surface area contributed by atoms with Gasteiger partial charge in [0.1, 0.15) is 12.4 Å². The first kappa shape index (κ1) is 19.8. The highest BCUT2D eigenvalue weighted by molar-refractivity contribution is 14.0. The predicted molar refractivity (Wildman–Crippen MR) is 114 cm³/mol. The van der Waals surface area contributed by atoms with Crippen LogP contribution in [0, 0.1) is 5.92 Å². The molecule has 2 heterocycles. The Morgan fingerprint density at radius 1 is 1.36 bits per heavy atom. The summed E-state index contributed by atoms with van der Waals surface area (Å²) in [6, 6.07) is 10.3. The normalized spacial score (nSPS) is 17.9. The molecular weight excluding hydrogens is 425 g/mol. The second kappa shape index (κ2) is 9.79. The van der Waals surface area contributed by atoms with E-state index in [1.165, 1.54) is 12.8 Å². The van der Waals surface area contributed by atoms with Gasteiger partial charge in [-0.15, -0.1) is 24.0 Å². The number of likely N-dealkylation sites (tertiary alicyclic amines) is 1. The lowest BCUT2D eigenvalue weighted by molar-refractivity contribution is 0.266. The van der Waals surface area contributed by atoms with E-state index in [1.807, 2.05) is 24.4 Å². The molecule has 136 valence electrons. The third kappa shape index (κ3) is 5.45. The van der Waals surface area contributed by atoms with E-state index in [2.05, 4.69) is 46.2 Å². The topological polar surface area (TPSA) is 56.3 Å². The van der Waals surface area contributed by atoms with Crippen molar-refractivity contribution in [3.05, 3.63) is 42.4 Å². The average Bonchev–Trinajstić information content (AvgIpc) is 3.08. The zero-order valence-electron chi connectivity index (χ0n) is 15.0. The molecule has 1 fully saturated rings. The summed E-state index contributed by atoms with van der Waals surface area (Å²) in [5.74, 6) is 2.63. The van der Waals surface area contributed by atoms with E-state index in [-0.39, 0.29) is 24.0 Å². The number of halogens is 1. The number of hydrogen-bond donors (Lipinski definition) is 2. The molecular formula is C19H28IN5. The van der Waals surface area contributed by atoms with Gasteiger partial charge < -0.3 is 15.2 Å². The van der Waals surface area contributed by atoms with Gasteiger partial charge in [-0.25, -0.2) is 9.98 Å². The number of piperidine rings is 1. The SMILES string of the molecule is CCNC(=NCc1ncc(-c2ccccc2)[nH]1)N1CCCC(C)C1.I. The molecule has 0 bridgehead atoms. The van der Waals surface area contributed by atoms with Crippen molar-refractivity contribution >= 4 is 29.9 Å². The summed E-state index contributed by atoms with van der Waals surface area (Å²) in [5.41, 5.74) is 2.19. The summed E-state index contributed by atoms with van der Waals surface area (Å²) in [5, 5.41) is 3.42. The van der Waals surface area contributed by atoms with Crippen LogP contribution in [0.15, 0.2) is 41.5 Å². The fraction of sp³-hybridized carbons (Fsp3) is 0.474. The van der Waals surface area contributed by atoms with E-state index >= 15 is 0 Å².